The molecule has 7 heteroatoms. The van der Waals surface area contributed by atoms with Crippen LogP contribution in [0.3, 0.4) is 0 Å². The number of imidazole rings is 1. The molecule has 3 heterocycles. The quantitative estimate of drug-likeness (QED) is 0.578. The molecular formula is C17H12FN5O. The number of aromatic nitrogens is 5. The number of hydrogen-bond acceptors (Lipinski definition) is 5. The molecule has 0 saturated heterocycles. The van der Waals surface area contributed by atoms with Gasteiger partial charge >= 0.3 is 0 Å². The summed E-state index contributed by atoms with van der Waals surface area (Å²) in [6, 6.07) is 7.96. The van der Waals surface area contributed by atoms with Gasteiger partial charge in [-0.1, -0.05) is 17.3 Å². The molecule has 0 fully saturated rings. The smallest absolute Gasteiger partial charge is 0.234 e. The fourth-order valence-corrected chi connectivity index (χ4v) is 2.49. The molecule has 4 aromatic rings. The zero-order valence-corrected chi connectivity index (χ0v) is 12.7. The summed E-state index contributed by atoms with van der Waals surface area (Å²) in [6.07, 6.45) is 6.72. The second kappa shape index (κ2) is 5.69. The Kier molecular flexibility index (Phi) is 3.38. The minimum Gasteiger partial charge on any atom is -0.360 e. The highest BCUT2D eigenvalue weighted by Gasteiger charge is 2.19. The van der Waals surface area contributed by atoms with Crippen LogP contribution in [0.2, 0.25) is 0 Å². The minimum atomic E-state index is -0.331. The average Bonchev–Trinajstić information content (AvgIpc) is 3.22. The second-order valence-electron chi connectivity index (χ2n) is 5.19. The first-order valence-electron chi connectivity index (χ1n) is 7.26. The van der Waals surface area contributed by atoms with Crippen molar-refractivity contribution in [1.82, 2.24) is 24.7 Å². The maximum absolute atomic E-state index is 13.5. The molecule has 6 nitrogen and oxygen atoms in total. The van der Waals surface area contributed by atoms with Gasteiger partial charge in [-0.3, -0.25) is 4.57 Å². The first kappa shape index (κ1) is 14.3. The van der Waals surface area contributed by atoms with Crippen molar-refractivity contribution in [2.75, 3.05) is 0 Å². The molecule has 0 aliphatic rings. The summed E-state index contributed by atoms with van der Waals surface area (Å²) in [5, 5.41) is 4.06. The van der Waals surface area contributed by atoms with Crippen molar-refractivity contribution in [3.63, 3.8) is 0 Å². The normalized spacial score (nSPS) is 10.9. The molecule has 0 aliphatic carbocycles. The van der Waals surface area contributed by atoms with Gasteiger partial charge < -0.3 is 4.52 Å². The number of aryl methyl sites for hydroxylation is 1. The molecule has 1 aromatic carbocycles. The van der Waals surface area contributed by atoms with Crippen molar-refractivity contribution in [3.05, 3.63) is 66.8 Å². The molecule has 0 bridgehead atoms. The van der Waals surface area contributed by atoms with Crippen molar-refractivity contribution in [2.24, 2.45) is 0 Å². The van der Waals surface area contributed by atoms with Crippen LogP contribution in [0.15, 0.2) is 59.8 Å². The van der Waals surface area contributed by atoms with Crippen LogP contribution >= 0.6 is 0 Å². The summed E-state index contributed by atoms with van der Waals surface area (Å²) in [6.45, 7) is 1.79. The molecule has 0 radical (unpaired) electrons. The highest BCUT2D eigenvalue weighted by Crippen LogP contribution is 2.33. The van der Waals surface area contributed by atoms with Crippen molar-refractivity contribution >= 4 is 0 Å². The van der Waals surface area contributed by atoms with Gasteiger partial charge in [0.1, 0.15) is 23.6 Å². The Morgan fingerprint density at radius 3 is 2.71 bits per heavy atom. The molecule has 24 heavy (non-hydrogen) atoms. The van der Waals surface area contributed by atoms with Gasteiger partial charge in [0.05, 0.1) is 11.3 Å². The van der Waals surface area contributed by atoms with Crippen LogP contribution in [-0.2, 0) is 0 Å². The van der Waals surface area contributed by atoms with Crippen molar-refractivity contribution in [3.8, 4) is 28.5 Å². The standard InChI is InChI=1S/C17H12FN5O/c1-11-15(16(22-24-11)12-4-2-5-13(18)8-12)14-9-23(10-21-14)17-19-6-3-7-20-17/h2-10H,1H3. The number of halogens is 1. The van der Waals surface area contributed by atoms with E-state index < -0.39 is 0 Å². The summed E-state index contributed by atoms with van der Waals surface area (Å²) in [5.41, 5.74) is 2.55. The van der Waals surface area contributed by atoms with Gasteiger partial charge in [0, 0.05) is 24.2 Å². The molecule has 0 atom stereocenters. The van der Waals surface area contributed by atoms with Gasteiger partial charge in [-0.05, 0) is 25.1 Å². The summed E-state index contributed by atoms with van der Waals surface area (Å²) < 4.78 is 20.5. The zero-order valence-electron chi connectivity index (χ0n) is 12.7. The van der Waals surface area contributed by atoms with Gasteiger partial charge in [-0.25, -0.2) is 19.3 Å². The molecular weight excluding hydrogens is 309 g/mol. The fraction of sp³-hybridized carbons (Fsp3) is 0.0588. The van der Waals surface area contributed by atoms with E-state index >= 15 is 0 Å². The molecule has 4 rings (SSSR count). The van der Waals surface area contributed by atoms with E-state index in [4.69, 9.17) is 4.52 Å². The highest BCUT2D eigenvalue weighted by molar-refractivity contribution is 5.79. The topological polar surface area (TPSA) is 69.6 Å². The summed E-state index contributed by atoms with van der Waals surface area (Å²) in [4.78, 5) is 12.8. The lowest BCUT2D eigenvalue weighted by atomic mass is 10.0. The van der Waals surface area contributed by atoms with E-state index in [0.29, 0.717) is 28.7 Å². The SMILES string of the molecule is Cc1onc(-c2cccc(F)c2)c1-c1cn(-c2ncccn2)cn1. The van der Waals surface area contributed by atoms with Crippen LogP contribution in [0.4, 0.5) is 4.39 Å². The van der Waals surface area contributed by atoms with E-state index in [0.717, 1.165) is 5.56 Å². The third-order valence-electron chi connectivity index (χ3n) is 3.58. The number of nitrogens with zero attached hydrogens (tertiary/aromatic N) is 5. The summed E-state index contributed by atoms with van der Waals surface area (Å²) in [5.74, 6) is 0.786. The Bertz CT molecular complexity index is 993. The van der Waals surface area contributed by atoms with E-state index in [1.807, 2.05) is 0 Å². The lowest BCUT2D eigenvalue weighted by Gasteiger charge is -2.00. The molecule has 0 saturated carbocycles. The number of benzene rings is 1. The first-order valence-corrected chi connectivity index (χ1v) is 7.26. The molecule has 118 valence electrons. The predicted molar refractivity (Wildman–Crippen MR) is 84.8 cm³/mol. The Morgan fingerprint density at radius 2 is 1.92 bits per heavy atom. The minimum absolute atomic E-state index is 0.331. The molecule has 0 aliphatic heterocycles. The van der Waals surface area contributed by atoms with Crippen LogP contribution in [-0.4, -0.2) is 24.7 Å². The largest absolute Gasteiger partial charge is 0.360 e. The van der Waals surface area contributed by atoms with Gasteiger partial charge in [0.2, 0.25) is 5.95 Å². The maximum Gasteiger partial charge on any atom is 0.234 e. The number of rotatable bonds is 3. The van der Waals surface area contributed by atoms with Crippen molar-refractivity contribution in [2.45, 2.75) is 6.92 Å². The van der Waals surface area contributed by atoms with Crippen molar-refractivity contribution < 1.29 is 8.91 Å². The van der Waals surface area contributed by atoms with E-state index in [2.05, 4.69) is 20.1 Å². The first-order chi connectivity index (χ1) is 11.7. The molecule has 0 N–H and O–H groups in total. The van der Waals surface area contributed by atoms with E-state index in [9.17, 15) is 4.39 Å². The van der Waals surface area contributed by atoms with Gasteiger partial charge in [-0.2, -0.15) is 0 Å². The van der Waals surface area contributed by atoms with E-state index in [1.54, 1.807) is 54.6 Å². The van der Waals surface area contributed by atoms with Crippen LogP contribution < -0.4 is 0 Å². The Hall–Kier alpha value is -3.35. The number of hydrogen-bond donors (Lipinski definition) is 0. The maximum atomic E-state index is 13.5. The highest BCUT2D eigenvalue weighted by atomic mass is 19.1. The second-order valence-corrected chi connectivity index (χ2v) is 5.19. The summed E-state index contributed by atoms with van der Waals surface area (Å²) >= 11 is 0. The monoisotopic (exact) mass is 321 g/mol. The fourth-order valence-electron chi connectivity index (χ4n) is 2.49. The van der Waals surface area contributed by atoms with Gasteiger partial charge in [0.25, 0.3) is 0 Å². The molecule has 0 unspecified atom stereocenters. The lowest BCUT2D eigenvalue weighted by Crippen LogP contribution is -1.96. The predicted octanol–water partition coefficient (Wildman–Crippen LogP) is 3.43. The average molecular weight is 321 g/mol. The Labute approximate surface area is 136 Å². The van der Waals surface area contributed by atoms with Gasteiger partial charge in [-0.15, -0.1) is 0 Å². The zero-order chi connectivity index (χ0) is 16.5. The molecule has 0 amide bonds. The lowest BCUT2D eigenvalue weighted by molar-refractivity contribution is 0.400. The van der Waals surface area contributed by atoms with Crippen LogP contribution in [0.1, 0.15) is 5.76 Å². The molecule has 3 aromatic heterocycles. The Morgan fingerprint density at radius 1 is 1.08 bits per heavy atom. The van der Waals surface area contributed by atoms with Gasteiger partial charge in [0.15, 0.2) is 0 Å². The van der Waals surface area contributed by atoms with E-state index in [1.165, 1.54) is 12.1 Å². The van der Waals surface area contributed by atoms with Crippen LogP contribution in [0, 0.1) is 12.7 Å². The van der Waals surface area contributed by atoms with Crippen LogP contribution in [0.5, 0.6) is 0 Å². The van der Waals surface area contributed by atoms with E-state index in [-0.39, 0.29) is 5.82 Å². The molecule has 0 spiro atoms. The Balaban J connectivity index is 1.81. The van der Waals surface area contributed by atoms with Crippen molar-refractivity contribution in [1.29, 1.82) is 0 Å². The summed E-state index contributed by atoms with van der Waals surface area (Å²) in [7, 11) is 0. The third-order valence-corrected chi connectivity index (χ3v) is 3.58. The van der Waals surface area contributed by atoms with Crippen LogP contribution in [0.25, 0.3) is 28.5 Å². The third kappa shape index (κ3) is 2.45.